The molecule has 0 fully saturated rings. The molecule has 1 heterocycles. The van der Waals surface area contributed by atoms with Gasteiger partial charge in [0.1, 0.15) is 17.3 Å². The number of methoxy groups -OCH3 is 2. The molecule has 17 heavy (non-hydrogen) atoms. The number of nitrogens with zero attached hydrogens (tertiary/aromatic N) is 2. The van der Waals surface area contributed by atoms with Gasteiger partial charge in [-0.05, 0) is 6.07 Å². The van der Waals surface area contributed by atoms with Crippen LogP contribution in [0.1, 0.15) is 0 Å². The van der Waals surface area contributed by atoms with E-state index in [0.717, 1.165) is 11.4 Å². The number of imidazole rings is 1. The molecule has 4 nitrogen and oxygen atoms in total. The van der Waals surface area contributed by atoms with Crippen LogP contribution in [0.3, 0.4) is 0 Å². The van der Waals surface area contributed by atoms with Crippen LogP contribution in [0.25, 0.3) is 11.4 Å². The van der Waals surface area contributed by atoms with Gasteiger partial charge in [0, 0.05) is 25.5 Å². The molecular weight excluding hydrogens is 240 g/mol. The van der Waals surface area contributed by atoms with Gasteiger partial charge in [-0.1, -0.05) is 11.6 Å². The van der Waals surface area contributed by atoms with Gasteiger partial charge in [0.2, 0.25) is 0 Å². The highest BCUT2D eigenvalue weighted by molar-refractivity contribution is 6.32. The van der Waals surface area contributed by atoms with E-state index in [0.29, 0.717) is 16.5 Å². The highest BCUT2D eigenvalue weighted by Gasteiger charge is 2.14. The Balaban J connectivity index is 2.61. The maximum absolute atomic E-state index is 6.11. The summed E-state index contributed by atoms with van der Waals surface area (Å²) in [7, 11) is 5.09. The normalized spacial score (nSPS) is 10.4. The summed E-state index contributed by atoms with van der Waals surface area (Å²) in [6.07, 6.45) is 3.60. The van der Waals surface area contributed by atoms with Crippen LogP contribution in [0, 0.1) is 0 Å². The summed E-state index contributed by atoms with van der Waals surface area (Å²) in [4.78, 5) is 4.27. The maximum atomic E-state index is 6.11. The van der Waals surface area contributed by atoms with Crippen molar-refractivity contribution in [3.8, 4) is 22.9 Å². The fourth-order valence-corrected chi connectivity index (χ4v) is 1.90. The zero-order valence-corrected chi connectivity index (χ0v) is 10.7. The van der Waals surface area contributed by atoms with Crippen LogP contribution in [-0.4, -0.2) is 23.8 Å². The molecule has 1 aromatic heterocycles. The number of hydrogen-bond acceptors (Lipinski definition) is 3. The minimum Gasteiger partial charge on any atom is -0.496 e. The van der Waals surface area contributed by atoms with Gasteiger partial charge in [0.15, 0.2) is 0 Å². The summed E-state index contributed by atoms with van der Waals surface area (Å²) in [5.74, 6) is 2.06. The Hall–Kier alpha value is -1.68. The number of hydrogen-bond donors (Lipinski definition) is 0. The Kier molecular flexibility index (Phi) is 3.24. The van der Waals surface area contributed by atoms with Crippen molar-refractivity contribution < 1.29 is 9.47 Å². The molecule has 0 bridgehead atoms. The van der Waals surface area contributed by atoms with Gasteiger partial charge in [-0.3, -0.25) is 0 Å². The smallest absolute Gasteiger partial charge is 0.143 e. The molecule has 0 aliphatic heterocycles. The Morgan fingerprint density at radius 3 is 2.41 bits per heavy atom. The zero-order valence-electron chi connectivity index (χ0n) is 9.90. The number of halogens is 1. The minimum atomic E-state index is 0.534. The second-order valence-electron chi connectivity index (χ2n) is 3.55. The van der Waals surface area contributed by atoms with Crippen molar-refractivity contribution in [2.45, 2.75) is 0 Å². The van der Waals surface area contributed by atoms with Gasteiger partial charge >= 0.3 is 0 Å². The Labute approximate surface area is 105 Å². The van der Waals surface area contributed by atoms with Gasteiger partial charge in [-0.25, -0.2) is 4.98 Å². The van der Waals surface area contributed by atoms with E-state index in [1.807, 2.05) is 17.8 Å². The van der Waals surface area contributed by atoms with Crippen LogP contribution >= 0.6 is 11.6 Å². The maximum Gasteiger partial charge on any atom is 0.143 e. The molecule has 2 aromatic rings. The van der Waals surface area contributed by atoms with Crippen molar-refractivity contribution >= 4 is 11.6 Å². The number of aryl methyl sites for hydroxylation is 1. The SMILES string of the molecule is COc1cc(OC)c(-c2nccn2C)cc1Cl. The monoisotopic (exact) mass is 252 g/mol. The second-order valence-corrected chi connectivity index (χ2v) is 3.96. The molecule has 1 aromatic carbocycles. The molecule has 0 spiro atoms. The van der Waals surface area contributed by atoms with Crippen LogP contribution < -0.4 is 9.47 Å². The lowest BCUT2D eigenvalue weighted by Crippen LogP contribution is -1.96. The largest absolute Gasteiger partial charge is 0.496 e. The van der Waals surface area contributed by atoms with E-state index in [4.69, 9.17) is 21.1 Å². The third-order valence-corrected chi connectivity index (χ3v) is 2.83. The van der Waals surface area contributed by atoms with E-state index in [9.17, 15) is 0 Å². The molecule has 0 aliphatic rings. The third kappa shape index (κ3) is 2.08. The van der Waals surface area contributed by atoms with Crippen molar-refractivity contribution in [1.29, 1.82) is 0 Å². The zero-order chi connectivity index (χ0) is 12.4. The predicted octanol–water partition coefficient (Wildman–Crippen LogP) is 2.76. The molecule has 2 rings (SSSR count). The average molecular weight is 253 g/mol. The summed E-state index contributed by atoms with van der Waals surface area (Å²) < 4.78 is 12.4. The van der Waals surface area contributed by atoms with E-state index in [1.165, 1.54) is 0 Å². The molecular formula is C12H13ClN2O2. The van der Waals surface area contributed by atoms with Crippen molar-refractivity contribution in [2.75, 3.05) is 14.2 Å². The minimum absolute atomic E-state index is 0.534. The number of benzene rings is 1. The van der Waals surface area contributed by atoms with Crippen LogP contribution in [-0.2, 0) is 7.05 Å². The highest BCUT2D eigenvalue weighted by Crippen LogP contribution is 2.37. The molecule has 0 aliphatic carbocycles. The van der Waals surface area contributed by atoms with Crippen molar-refractivity contribution in [3.05, 3.63) is 29.5 Å². The first-order valence-electron chi connectivity index (χ1n) is 5.06. The molecule has 0 saturated heterocycles. The van der Waals surface area contributed by atoms with E-state index >= 15 is 0 Å². The first-order chi connectivity index (χ1) is 8.17. The molecule has 0 unspecified atom stereocenters. The van der Waals surface area contributed by atoms with E-state index in [2.05, 4.69) is 4.98 Å². The molecule has 0 atom stereocenters. The van der Waals surface area contributed by atoms with Gasteiger partial charge in [-0.15, -0.1) is 0 Å². The van der Waals surface area contributed by atoms with Crippen molar-refractivity contribution in [3.63, 3.8) is 0 Å². The fraction of sp³-hybridized carbons (Fsp3) is 0.250. The van der Waals surface area contributed by atoms with Gasteiger partial charge in [0.05, 0.1) is 24.8 Å². The summed E-state index contributed by atoms with van der Waals surface area (Å²) in [6.45, 7) is 0. The lowest BCUT2D eigenvalue weighted by atomic mass is 10.1. The summed E-state index contributed by atoms with van der Waals surface area (Å²) in [5, 5.41) is 0.534. The van der Waals surface area contributed by atoms with Gasteiger partial charge < -0.3 is 14.0 Å². The quantitative estimate of drug-likeness (QED) is 0.843. The van der Waals surface area contributed by atoms with Crippen molar-refractivity contribution in [2.24, 2.45) is 7.05 Å². The Bertz CT molecular complexity index is 537. The number of ether oxygens (including phenoxy) is 2. The molecule has 0 saturated carbocycles. The third-order valence-electron chi connectivity index (χ3n) is 2.54. The number of rotatable bonds is 3. The van der Waals surface area contributed by atoms with Crippen LogP contribution in [0.4, 0.5) is 0 Å². The highest BCUT2D eigenvalue weighted by atomic mass is 35.5. The van der Waals surface area contributed by atoms with E-state index in [-0.39, 0.29) is 0 Å². The van der Waals surface area contributed by atoms with Gasteiger partial charge in [0.25, 0.3) is 0 Å². The van der Waals surface area contributed by atoms with Crippen LogP contribution in [0.15, 0.2) is 24.5 Å². The van der Waals surface area contributed by atoms with Crippen molar-refractivity contribution in [1.82, 2.24) is 9.55 Å². The molecule has 90 valence electrons. The molecule has 0 amide bonds. The lowest BCUT2D eigenvalue weighted by molar-refractivity contribution is 0.395. The standard InChI is InChI=1S/C12H13ClN2O2/c1-15-5-4-14-12(15)8-6-9(13)11(17-3)7-10(8)16-2/h4-7H,1-3H3. The second kappa shape index (κ2) is 4.67. The van der Waals surface area contributed by atoms with Gasteiger partial charge in [-0.2, -0.15) is 0 Å². The number of aromatic nitrogens is 2. The summed E-state index contributed by atoms with van der Waals surface area (Å²) in [6, 6.07) is 3.55. The predicted molar refractivity (Wildman–Crippen MR) is 66.8 cm³/mol. The first-order valence-corrected chi connectivity index (χ1v) is 5.44. The molecule has 0 N–H and O–H groups in total. The van der Waals surface area contributed by atoms with E-state index in [1.54, 1.807) is 32.5 Å². The van der Waals surface area contributed by atoms with Crippen LogP contribution in [0.2, 0.25) is 5.02 Å². The van der Waals surface area contributed by atoms with E-state index < -0.39 is 0 Å². The molecule has 0 radical (unpaired) electrons. The topological polar surface area (TPSA) is 36.3 Å². The first kappa shape index (κ1) is 11.8. The van der Waals surface area contributed by atoms with Crippen LogP contribution in [0.5, 0.6) is 11.5 Å². The lowest BCUT2D eigenvalue weighted by Gasteiger charge is -2.11. The molecule has 5 heteroatoms. The summed E-state index contributed by atoms with van der Waals surface area (Å²) >= 11 is 6.11. The Morgan fingerprint density at radius 2 is 1.88 bits per heavy atom. The fourth-order valence-electron chi connectivity index (χ4n) is 1.66. The summed E-state index contributed by atoms with van der Waals surface area (Å²) in [5.41, 5.74) is 0.839. The average Bonchev–Trinajstić information content (AvgIpc) is 2.75. The Morgan fingerprint density at radius 1 is 1.18 bits per heavy atom.